The van der Waals surface area contributed by atoms with Gasteiger partial charge in [-0.3, -0.25) is 0 Å². The molecule has 0 saturated heterocycles. The van der Waals surface area contributed by atoms with E-state index in [2.05, 4.69) is 11.1 Å². The van der Waals surface area contributed by atoms with Gasteiger partial charge in [0.05, 0.1) is 15.2 Å². The molecule has 1 aromatic carbocycles. The van der Waals surface area contributed by atoms with E-state index in [1.807, 2.05) is 25.1 Å². The number of benzene rings is 1. The number of aromatic nitrogens is 1. The van der Waals surface area contributed by atoms with Crippen molar-refractivity contribution in [1.29, 1.82) is 0 Å². The minimum absolute atomic E-state index is 1.12. The quantitative estimate of drug-likeness (QED) is 0.530. The molecule has 0 unspecified atom stereocenters. The Morgan fingerprint density at radius 3 is 2.36 bits per heavy atom. The van der Waals surface area contributed by atoms with Gasteiger partial charge in [0.1, 0.15) is 0 Å². The minimum atomic E-state index is -1.79. The number of rotatable bonds is 0. The van der Waals surface area contributed by atoms with Gasteiger partial charge >= 0.3 is 42.8 Å². The monoisotopic (exact) mass is 451 g/mol. The predicted octanol–water partition coefficient (Wildman–Crippen LogP) is 4.67. The molecule has 14 heavy (non-hydrogen) atoms. The average Bonchev–Trinajstić information content (AvgIpc) is 2.42. The van der Waals surface area contributed by atoms with E-state index in [4.69, 9.17) is 27.6 Å². The summed E-state index contributed by atoms with van der Waals surface area (Å²) in [6.07, 6.45) is 0. The Hall–Kier alpha value is 0.720. The molecule has 0 amide bonds. The molecule has 2 aromatic rings. The van der Waals surface area contributed by atoms with Crippen LogP contribution in [0, 0.1) is 6.92 Å². The predicted molar refractivity (Wildman–Crippen MR) is 61.9 cm³/mol. The molecule has 0 fully saturated rings. The summed E-state index contributed by atoms with van der Waals surface area (Å²) in [6.45, 7) is 2.03. The third-order valence-electron chi connectivity index (χ3n) is 1.40. The normalized spacial score (nSPS) is 10.7. The molecule has 0 aliphatic heterocycles. The van der Waals surface area contributed by atoms with Gasteiger partial charge in [0, 0.05) is 0 Å². The van der Waals surface area contributed by atoms with Gasteiger partial charge in [-0.05, 0) is 19.1 Å². The van der Waals surface area contributed by atoms with Gasteiger partial charge in [-0.25, -0.2) is 4.98 Å². The summed E-state index contributed by atoms with van der Waals surface area (Å²) >= 11 is -0.0460. The van der Waals surface area contributed by atoms with Crippen molar-refractivity contribution in [2.45, 2.75) is 6.92 Å². The van der Waals surface area contributed by atoms with Gasteiger partial charge in [0.15, 0.2) is 0 Å². The van der Waals surface area contributed by atoms with Crippen LogP contribution in [0.5, 0.6) is 0 Å². The van der Waals surface area contributed by atoms with Crippen LogP contribution in [-0.2, 0) is 15.2 Å². The summed E-state index contributed by atoms with van der Waals surface area (Å²) in [5.41, 5.74) is 1.12. The third-order valence-corrected chi connectivity index (χ3v) is 2.35. The van der Waals surface area contributed by atoms with Crippen molar-refractivity contribution >= 4 is 49.1 Å². The van der Waals surface area contributed by atoms with Crippen LogP contribution < -0.4 is 0 Å². The molecule has 0 radical (unpaired) electrons. The van der Waals surface area contributed by atoms with Crippen LogP contribution in [-0.4, -0.2) is 4.98 Å². The van der Waals surface area contributed by atoms with Gasteiger partial charge in [0.2, 0.25) is 0 Å². The zero-order valence-corrected chi connectivity index (χ0v) is 12.4. The second-order valence-electron chi connectivity index (χ2n) is 2.33. The van der Waals surface area contributed by atoms with Crippen molar-refractivity contribution in [1.82, 2.24) is 4.98 Å². The molecular weight excluding hydrogens is 445 g/mol. The van der Waals surface area contributed by atoms with Crippen molar-refractivity contribution in [2.24, 2.45) is 0 Å². The first-order valence-electron chi connectivity index (χ1n) is 3.52. The Bertz CT molecular complexity index is 368. The topological polar surface area (TPSA) is 12.9 Å². The molecule has 6 heteroatoms. The van der Waals surface area contributed by atoms with E-state index in [1.54, 1.807) is 11.3 Å². The first-order chi connectivity index (χ1) is 6.59. The summed E-state index contributed by atoms with van der Waals surface area (Å²) in [5, 5.41) is 1.14. The Morgan fingerprint density at radius 2 is 1.79 bits per heavy atom. The number of nitrogens with zero attached hydrogens (tertiary/aromatic N) is 1. The summed E-state index contributed by atoms with van der Waals surface area (Å²) in [7, 11) is 14.9. The van der Waals surface area contributed by atoms with Crippen LogP contribution in [0.25, 0.3) is 10.2 Å². The van der Waals surface area contributed by atoms with E-state index in [0.717, 1.165) is 10.5 Å². The second-order valence-corrected chi connectivity index (χ2v) is 13.0. The number of hydrogen-bond acceptors (Lipinski definition) is 2. The molecule has 0 bridgehead atoms. The van der Waals surface area contributed by atoms with E-state index in [0.29, 0.717) is 0 Å². The fourth-order valence-corrected chi connectivity index (χ4v) is 1.81. The standard InChI is InChI=1S/C8H7NS.Au.3ClH/c1-6-9-7-4-2-3-5-8(7)10-6;;;;/h2-5H,1H3;;3*1H/q;+3;;;/p-3. The SMILES string of the molecule is Cc1nc2ccccc2s1.[Cl][Au]([Cl])[Cl]. The Kier molecular flexibility index (Phi) is 5.79. The van der Waals surface area contributed by atoms with Gasteiger partial charge in [0.25, 0.3) is 0 Å². The van der Waals surface area contributed by atoms with Crippen molar-refractivity contribution in [2.75, 3.05) is 0 Å². The van der Waals surface area contributed by atoms with Crippen LogP contribution in [0.3, 0.4) is 0 Å². The fourth-order valence-electron chi connectivity index (χ4n) is 0.987. The van der Waals surface area contributed by atoms with Gasteiger partial charge in [-0.1, -0.05) is 12.1 Å². The van der Waals surface area contributed by atoms with Gasteiger partial charge in [-0.2, -0.15) is 0 Å². The number of thiazole rings is 1. The molecule has 0 aliphatic carbocycles. The number of aryl methyl sites for hydroxylation is 1. The summed E-state index contributed by atoms with van der Waals surface area (Å²) in [4.78, 5) is 4.33. The van der Waals surface area contributed by atoms with E-state index >= 15 is 0 Å². The van der Waals surface area contributed by atoms with Gasteiger partial charge < -0.3 is 0 Å². The molecule has 1 heterocycles. The van der Waals surface area contributed by atoms with Crippen LogP contribution in [0.2, 0.25) is 0 Å². The van der Waals surface area contributed by atoms with Gasteiger partial charge in [-0.15, -0.1) is 11.3 Å². The molecule has 2 rings (SSSR count). The van der Waals surface area contributed by atoms with E-state index in [9.17, 15) is 0 Å². The van der Waals surface area contributed by atoms with Crippen LogP contribution in [0.15, 0.2) is 24.3 Å². The van der Waals surface area contributed by atoms with Crippen LogP contribution in [0.1, 0.15) is 5.01 Å². The number of fused-ring (bicyclic) bond motifs is 1. The van der Waals surface area contributed by atoms with Crippen molar-refractivity contribution in [3.63, 3.8) is 0 Å². The summed E-state index contributed by atoms with van der Waals surface area (Å²) < 4.78 is 1.28. The number of para-hydroxylation sites is 1. The molecule has 0 saturated carbocycles. The van der Waals surface area contributed by atoms with Crippen LogP contribution >= 0.6 is 38.9 Å². The number of hydrogen-bond donors (Lipinski definition) is 0. The van der Waals surface area contributed by atoms with E-state index < -0.39 is 15.2 Å². The maximum atomic E-state index is 4.95. The zero-order valence-electron chi connectivity index (χ0n) is 7.10. The first kappa shape index (κ1) is 12.8. The Labute approximate surface area is 105 Å². The fraction of sp³-hybridized carbons (Fsp3) is 0.125. The average molecular weight is 453 g/mol. The number of halogens is 3. The summed E-state index contributed by atoms with van der Waals surface area (Å²) in [6, 6.07) is 8.19. The Balaban J connectivity index is 0.000000213. The first-order valence-corrected chi connectivity index (χ1v) is 12.4. The van der Waals surface area contributed by atoms with Crippen molar-refractivity contribution in [3.8, 4) is 0 Å². The molecule has 0 N–H and O–H groups in total. The molecular formula is C8H7AuCl3NS. The molecule has 0 atom stereocenters. The maximum absolute atomic E-state index is 4.95. The van der Waals surface area contributed by atoms with E-state index in [1.165, 1.54) is 4.70 Å². The summed E-state index contributed by atoms with van der Waals surface area (Å²) in [5.74, 6) is 0. The molecule has 82 valence electrons. The second kappa shape index (κ2) is 6.33. The zero-order chi connectivity index (χ0) is 10.6. The molecule has 0 spiro atoms. The Morgan fingerprint density at radius 1 is 1.21 bits per heavy atom. The van der Waals surface area contributed by atoms with Crippen molar-refractivity contribution in [3.05, 3.63) is 29.3 Å². The van der Waals surface area contributed by atoms with Crippen LogP contribution in [0.4, 0.5) is 0 Å². The molecule has 1 aromatic heterocycles. The van der Waals surface area contributed by atoms with E-state index in [-0.39, 0.29) is 0 Å². The van der Waals surface area contributed by atoms with Crippen molar-refractivity contribution < 1.29 is 15.2 Å². The third kappa shape index (κ3) is 4.49. The molecule has 1 nitrogen and oxygen atoms in total. The molecule has 0 aliphatic rings.